The summed E-state index contributed by atoms with van der Waals surface area (Å²) in [5.74, 6) is -3.70. The molecule has 4 aromatic heterocycles. The first-order valence-corrected chi connectivity index (χ1v) is 11.0. The Bertz CT molecular complexity index is 1470. The number of carbonyl (C=O) groups excluding carboxylic acids is 2. The van der Waals surface area contributed by atoms with Crippen molar-refractivity contribution >= 4 is 47.1 Å². The summed E-state index contributed by atoms with van der Waals surface area (Å²) >= 11 is 0. The zero-order valence-corrected chi connectivity index (χ0v) is 21.2. The van der Waals surface area contributed by atoms with Crippen LogP contribution in [0.2, 0.25) is 0 Å². The number of hydrogen-bond acceptors (Lipinski definition) is 12. The second kappa shape index (κ2) is 15.6. The Morgan fingerprint density at radius 3 is 1.02 bits per heavy atom. The Morgan fingerprint density at radius 2 is 0.833 bits per heavy atom. The number of rotatable bonds is 4. The molecule has 42 heavy (non-hydrogen) atoms. The number of aromatic nitrogens is 4. The number of nitrogen functional groups attached to an aromatic ring is 4. The summed E-state index contributed by atoms with van der Waals surface area (Å²) in [7, 11) is 0. The van der Waals surface area contributed by atoms with Crippen molar-refractivity contribution < 1.29 is 49.6 Å². The number of carboxylic acid groups (broad SMARTS) is 4. The van der Waals surface area contributed by atoms with E-state index in [0.29, 0.717) is 23.3 Å². The Balaban J connectivity index is 0.000000287. The molecule has 0 unspecified atom stereocenters. The number of carbonyl (C=O) groups is 4. The van der Waals surface area contributed by atoms with Gasteiger partial charge in [-0.25, -0.2) is 19.6 Å². The number of aromatic carboxylic acids is 4. The highest BCUT2D eigenvalue weighted by Crippen LogP contribution is 1.95. The van der Waals surface area contributed by atoms with Crippen LogP contribution in [0.5, 0.6) is 0 Å². The number of carboxylic acids is 4. The van der Waals surface area contributed by atoms with Crippen molar-refractivity contribution in [3.63, 3.8) is 0 Å². The highest BCUT2D eigenvalue weighted by atomic mass is 16.4. The maximum absolute atomic E-state index is 10.7. The van der Waals surface area contributed by atoms with Crippen molar-refractivity contribution in [1.82, 2.24) is 9.97 Å². The van der Waals surface area contributed by atoms with Gasteiger partial charge in [0.1, 0.15) is 11.4 Å². The lowest BCUT2D eigenvalue weighted by atomic mass is 10.3. The van der Waals surface area contributed by atoms with Crippen LogP contribution in [0.4, 0.5) is 23.3 Å². The molecule has 0 aliphatic carbocycles. The summed E-state index contributed by atoms with van der Waals surface area (Å²) < 4.78 is 0. The molecule has 18 nitrogen and oxygen atoms in total. The van der Waals surface area contributed by atoms with E-state index in [1.54, 1.807) is 36.4 Å². The summed E-state index contributed by atoms with van der Waals surface area (Å²) in [5.41, 5.74) is 17.8. The van der Waals surface area contributed by atoms with Crippen molar-refractivity contribution in [3.8, 4) is 0 Å². The van der Waals surface area contributed by atoms with E-state index in [4.69, 9.17) is 33.1 Å². The third-order valence-corrected chi connectivity index (χ3v) is 4.27. The van der Waals surface area contributed by atoms with Gasteiger partial charge in [0.05, 0.1) is 23.3 Å². The maximum Gasteiger partial charge on any atom is 0.352 e. The molecule has 14 N–H and O–H groups in total. The third-order valence-electron chi connectivity index (χ3n) is 4.27. The van der Waals surface area contributed by atoms with Crippen LogP contribution in [-0.4, -0.2) is 44.1 Å². The van der Waals surface area contributed by atoms with Crippen molar-refractivity contribution in [2.75, 3.05) is 22.9 Å². The Kier molecular flexibility index (Phi) is 12.4. The molecule has 4 heterocycles. The van der Waals surface area contributed by atoms with Gasteiger partial charge in [-0.2, -0.15) is 0 Å². The summed E-state index contributed by atoms with van der Waals surface area (Å²) in [6.07, 6.45) is 0. The van der Waals surface area contributed by atoms with E-state index in [2.05, 4.69) is 9.97 Å². The molecule has 0 aromatic carbocycles. The van der Waals surface area contributed by atoms with Crippen LogP contribution in [0.1, 0.15) is 42.0 Å². The summed E-state index contributed by atoms with van der Waals surface area (Å²) in [5, 5.41) is 37.4. The second-order valence-electron chi connectivity index (χ2n) is 7.59. The van der Waals surface area contributed by atoms with E-state index in [9.17, 15) is 39.0 Å². The molecule has 0 saturated heterocycles. The molecule has 0 amide bonds. The third kappa shape index (κ3) is 12.2. The first-order chi connectivity index (χ1) is 19.6. The van der Waals surface area contributed by atoms with E-state index < -0.39 is 57.5 Å². The number of hydrogen-bond donors (Lipinski definition) is 8. The van der Waals surface area contributed by atoms with Crippen molar-refractivity contribution in [2.24, 2.45) is 0 Å². The Morgan fingerprint density at radius 1 is 0.571 bits per heavy atom. The zero-order chi connectivity index (χ0) is 32.0. The van der Waals surface area contributed by atoms with Gasteiger partial charge in [0, 0.05) is 48.5 Å². The predicted octanol–water partition coefficient (Wildman–Crippen LogP) is -3.80. The monoisotopic (exact) mass is 584 g/mol. The van der Waals surface area contributed by atoms with Gasteiger partial charge < -0.3 is 62.9 Å². The van der Waals surface area contributed by atoms with Crippen molar-refractivity contribution in [1.29, 1.82) is 0 Å². The first kappa shape index (κ1) is 33.3. The molecule has 0 bridgehead atoms. The predicted molar refractivity (Wildman–Crippen MR) is 140 cm³/mol. The molecule has 0 atom stereocenters. The van der Waals surface area contributed by atoms with Crippen LogP contribution in [0.15, 0.2) is 70.3 Å². The van der Waals surface area contributed by atoms with Gasteiger partial charge in [0.2, 0.25) is 23.3 Å². The quantitative estimate of drug-likeness (QED) is 0.114. The highest BCUT2D eigenvalue weighted by molar-refractivity contribution is 5.89. The number of nitrogens with two attached hydrogens (primary N) is 4. The fourth-order valence-electron chi connectivity index (χ4n) is 2.55. The SMILES string of the molecule is Nc1cccc(N)[nH+]1.Nc1cccc(N)[nH+]1.O=C([O-])c1cc(=O)cc(C(=O)O)[nH]1.O=C([O-])c1cc(=O)cc(C(=O)O)[nH]1. The van der Waals surface area contributed by atoms with Gasteiger partial charge in [-0.05, 0) is 12.1 Å². The minimum absolute atomic E-state index is 0.480. The lowest BCUT2D eigenvalue weighted by Gasteiger charge is -2.02. The topological polar surface area (TPSA) is 353 Å². The van der Waals surface area contributed by atoms with E-state index in [1.807, 2.05) is 9.97 Å². The lowest BCUT2D eigenvalue weighted by Crippen LogP contribution is -2.26. The molecule has 18 heteroatoms. The van der Waals surface area contributed by atoms with Crippen LogP contribution < -0.4 is 54.0 Å². The molecule has 4 aromatic rings. The molecule has 0 aliphatic heterocycles. The lowest BCUT2D eigenvalue weighted by molar-refractivity contribution is -0.343. The normalized spacial score (nSPS) is 9.33. The van der Waals surface area contributed by atoms with Crippen LogP contribution in [-0.2, 0) is 0 Å². The highest BCUT2D eigenvalue weighted by Gasteiger charge is 2.07. The van der Waals surface area contributed by atoms with Gasteiger partial charge in [0.15, 0.2) is 10.9 Å². The zero-order valence-electron chi connectivity index (χ0n) is 21.2. The van der Waals surface area contributed by atoms with E-state index in [0.717, 1.165) is 24.3 Å². The molecule has 0 saturated carbocycles. The van der Waals surface area contributed by atoms with Crippen LogP contribution in [0, 0.1) is 0 Å². The van der Waals surface area contributed by atoms with Crippen LogP contribution >= 0.6 is 0 Å². The molecular formula is C24H24N8O10. The minimum atomic E-state index is -1.62. The van der Waals surface area contributed by atoms with Crippen LogP contribution in [0.25, 0.3) is 0 Å². The summed E-state index contributed by atoms with van der Waals surface area (Å²) in [6, 6.07) is 13.6. The summed E-state index contributed by atoms with van der Waals surface area (Å²) in [4.78, 5) is 72.2. The van der Waals surface area contributed by atoms with Gasteiger partial charge >= 0.3 is 11.9 Å². The average Bonchev–Trinajstić information content (AvgIpc) is 2.88. The fourth-order valence-corrected chi connectivity index (χ4v) is 2.55. The number of nitrogens with one attached hydrogen (secondary N) is 4. The molecular weight excluding hydrogens is 560 g/mol. The van der Waals surface area contributed by atoms with Gasteiger partial charge in [-0.15, -0.1) is 0 Å². The fraction of sp³-hybridized carbons (Fsp3) is 0. The van der Waals surface area contributed by atoms with E-state index in [-0.39, 0.29) is 0 Å². The number of aromatic amines is 4. The Hall–Kier alpha value is -6.72. The van der Waals surface area contributed by atoms with Crippen molar-refractivity contribution in [3.05, 3.63) is 104 Å². The standard InChI is InChI=1S/2C7H5NO5.2C5H7N3/c2*9-3-1-4(6(10)11)8-5(2-3)7(12)13;2*6-4-2-1-3-5(7)8-4/h2*1-2H,(H,8,9)(H,10,11)(H,12,13);2*1-3H,(H4,6,7,8). The molecule has 4 rings (SSSR count). The molecule has 0 aliphatic rings. The number of pyridine rings is 4. The van der Waals surface area contributed by atoms with E-state index >= 15 is 0 Å². The second-order valence-corrected chi connectivity index (χ2v) is 7.59. The molecule has 0 radical (unpaired) electrons. The van der Waals surface area contributed by atoms with E-state index in [1.165, 1.54) is 0 Å². The molecule has 220 valence electrons. The number of anilines is 4. The average molecular weight is 585 g/mol. The van der Waals surface area contributed by atoms with Gasteiger partial charge in [-0.3, -0.25) is 9.59 Å². The molecule has 0 fully saturated rings. The molecule has 0 spiro atoms. The summed E-state index contributed by atoms with van der Waals surface area (Å²) in [6.45, 7) is 0. The maximum atomic E-state index is 10.7. The number of H-pyrrole nitrogens is 4. The van der Waals surface area contributed by atoms with Crippen LogP contribution in [0.3, 0.4) is 0 Å². The van der Waals surface area contributed by atoms with Gasteiger partial charge in [0.25, 0.3) is 0 Å². The van der Waals surface area contributed by atoms with Gasteiger partial charge in [-0.1, -0.05) is 0 Å². The Labute approximate surface area is 233 Å². The van der Waals surface area contributed by atoms with Crippen molar-refractivity contribution in [2.45, 2.75) is 0 Å². The smallest absolute Gasteiger partial charge is 0.352 e. The first-order valence-electron chi connectivity index (χ1n) is 11.0. The minimum Gasteiger partial charge on any atom is -0.543 e. The largest absolute Gasteiger partial charge is 0.543 e.